The number of benzene rings is 2. The van der Waals surface area contributed by atoms with Gasteiger partial charge in [-0.2, -0.15) is 0 Å². The van der Waals surface area contributed by atoms with Gasteiger partial charge in [-0.15, -0.1) is 0 Å². The minimum atomic E-state index is -0.480. The highest BCUT2D eigenvalue weighted by Crippen LogP contribution is 2.31. The predicted octanol–water partition coefficient (Wildman–Crippen LogP) is 5.35. The molecule has 0 radical (unpaired) electrons. The molecule has 0 N–H and O–H groups in total. The van der Waals surface area contributed by atoms with Crippen LogP contribution in [0.15, 0.2) is 43.7 Å². The summed E-state index contributed by atoms with van der Waals surface area (Å²) in [5.41, 5.74) is 0.760. The first-order valence-electron chi connectivity index (χ1n) is 5.47. The molecular formula is C14H8Br3FO2. The normalized spacial score (nSPS) is 10.4. The minimum absolute atomic E-state index is 0.197. The molecule has 2 aromatic carbocycles. The molecule has 0 atom stereocenters. The zero-order valence-electron chi connectivity index (χ0n) is 10.2. The molecule has 2 aromatic rings. The van der Waals surface area contributed by atoms with Crippen molar-refractivity contribution in [3.63, 3.8) is 0 Å². The standard InChI is InChI=1S/C14H8Br3FO2/c1-20-13-6-12(18)11(17)5-9(13)14(19)8-4-7(15)2-3-10(8)16/h2-6H,1H3. The van der Waals surface area contributed by atoms with Crippen molar-refractivity contribution >= 4 is 53.6 Å². The van der Waals surface area contributed by atoms with Gasteiger partial charge in [0.25, 0.3) is 0 Å². The Balaban J connectivity index is 2.58. The molecule has 2 nitrogen and oxygen atoms in total. The Kier molecular flexibility index (Phi) is 4.99. The number of hydrogen-bond donors (Lipinski definition) is 0. The molecule has 0 bridgehead atoms. The molecule has 0 fully saturated rings. The maximum Gasteiger partial charge on any atom is 0.197 e. The van der Waals surface area contributed by atoms with Crippen molar-refractivity contribution in [3.8, 4) is 5.75 Å². The molecule has 0 unspecified atom stereocenters. The largest absolute Gasteiger partial charge is 0.496 e. The van der Waals surface area contributed by atoms with Gasteiger partial charge in [0.2, 0.25) is 0 Å². The summed E-state index contributed by atoms with van der Waals surface area (Å²) < 4.78 is 20.2. The lowest BCUT2D eigenvalue weighted by atomic mass is 10.0. The minimum Gasteiger partial charge on any atom is -0.496 e. The van der Waals surface area contributed by atoms with E-state index in [0.29, 0.717) is 15.6 Å². The Morgan fingerprint density at radius 2 is 1.75 bits per heavy atom. The van der Waals surface area contributed by atoms with E-state index in [9.17, 15) is 9.18 Å². The summed E-state index contributed by atoms with van der Waals surface area (Å²) in [7, 11) is 1.40. The molecule has 0 heterocycles. The van der Waals surface area contributed by atoms with Crippen LogP contribution in [0.5, 0.6) is 5.75 Å². The Hall–Kier alpha value is -0.720. The molecule has 104 valence electrons. The van der Waals surface area contributed by atoms with Crippen LogP contribution in [0.25, 0.3) is 0 Å². The van der Waals surface area contributed by atoms with Crippen molar-refractivity contribution in [2.45, 2.75) is 0 Å². The summed E-state index contributed by atoms with van der Waals surface area (Å²) >= 11 is 9.74. The fourth-order valence-corrected chi connectivity index (χ4v) is 2.82. The first-order valence-corrected chi connectivity index (χ1v) is 7.84. The molecule has 0 spiro atoms. The van der Waals surface area contributed by atoms with Crippen molar-refractivity contribution < 1.29 is 13.9 Å². The Labute approximate surface area is 140 Å². The first kappa shape index (κ1) is 15.7. The summed E-state index contributed by atoms with van der Waals surface area (Å²) in [5, 5.41) is 0. The van der Waals surface area contributed by atoms with Gasteiger partial charge >= 0.3 is 0 Å². The quantitative estimate of drug-likeness (QED) is 0.570. The number of hydrogen-bond acceptors (Lipinski definition) is 2. The van der Waals surface area contributed by atoms with Crippen molar-refractivity contribution in [1.29, 1.82) is 0 Å². The number of ether oxygens (including phenoxy) is 1. The van der Waals surface area contributed by atoms with Crippen LogP contribution in [0.3, 0.4) is 0 Å². The van der Waals surface area contributed by atoms with E-state index in [4.69, 9.17) is 4.74 Å². The van der Waals surface area contributed by atoms with E-state index in [-0.39, 0.29) is 16.0 Å². The number of halogens is 4. The van der Waals surface area contributed by atoms with Crippen molar-refractivity contribution in [3.05, 3.63) is 60.7 Å². The van der Waals surface area contributed by atoms with Crippen LogP contribution in [0.2, 0.25) is 0 Å². The second-order valence-corrected chi connectivity index (χ2v) is 6.54. The maximum absolute atomic E-state index is 13.5. The number of ketones is 1. The lowest BCUT2D eigenvalue weighted by molar-refractivity contribution is 0.103. The third kappa shape index (κ3) is 3.13. The van der Waals surface area contributed by atoms with Gasteiger partial charge in [0.1, 0.15) is 11.6 Å². The van der Waals surface area contributed by atoms with E-state index in [2.05, 4.69) is 47.8 Å². The van der Waals surface area contributed by atoms with Gasteiger partial charge in [0.05, 0.1) is 17.1 Å². The van der Waals surface area contributed by atoms with Gasteiger partial charge in [0.15, 0.2) is 5.78 Å². The molecular weight excluding hydrogens is 459 g/mol. The molecule has 0 aliphatic carbocycles. The van der Waals surface area contributed by atoms with E-state index in [0.717, 1.165) is 4.47 Å². The van der Waals surface area contributed by atoms with Crippen LogP contribution in [-0.2, 0) is 0 Å². The monoisotopic (exact) mass is 464 g/mol. The van der Waals surface area contributed by atoms with Gasteiger partial charge in [-0.1, -0.05) is 31.9 Å². The number of carbonyl (C=O) groups excluding carboxylic acids is 1. The zero-order chi connectivity index (χ0) is 14.9. The van der Waals surface area contributed by atoms with Gasteiger partial charge in [-0.05, 0) is 40.2 Å². The Morgan fingerprint density at radius 3 is 2.40 bits per heavy atom. The summed E-state index contributed by atoms with van der Waals surface area (Å²) in [6.07, 6.45) is 0. The molecule has 0 saturated carbocycles. The summed E-state index contributed by atoms with van der Waals surface area (Å²) in [6.45, 7) is 0. The van der Waals surface area contributed by atoms with E-state index >= 15 is 0 Å². The van der Waals surface area contributed by atoms with Crippen LogP contribution < -0.4 is 4.74 Å². The Morgan fingerprint density at radius 1 is 1.05 bits per heavy atom. The summed E-state index contributed by atoms with van der Waals surface area (Å²) in [6, 6.07) is 7.89. The summed E-state index contributed by atoms with van der Waals surface area (Å²) in [5.74, 6) is -0.537. The van der Waals surface area contributed by atoms with Gasteiger partial charge in [-0.25, -0.2) is 4.39 Å². The summed E-state index contributed by atoms with van der Waals surface area (Å²) in [4.78, 5) is 12.6. The molecule has 0 aromatic heterocycles. The molecule has 6 heteroatoms. The third-order valence-corrected chi connectivity index (χ3v) is 4.45. The fourth-order valence-electron chi connectivity index (χ4n) is 1.69. The van der Waals surface area contributed by atoms with Crippen molar-refractivity contribution in [2.24, 2.45) is 0 Å². The first-order chi connectivity index (χ1) is 9.43. The third-order valence-electron chi connectivity index (χ3n) is 2.66. The molecule has 2 rings (SSSR count). The number of methoxy groups -OCH3 is 1. The molecule has 0 aliphatic heterocycles. The van der Waals surface area contributed by atoms with Crippen molar-refractivity contribution in [2.75, 3.05) is 7.11 Å². The van der Waals surface area contributed by atoms with E-state index in [1.54, 1.807) is 12.1 Å². The van der Waals surface area contributed by atoms with E-state index in [1.807, 2.05) is 6.07 Å². The highest BCUT2D eigenvalue weighted by Gasteiger charge is 2.19. The molecule has 0 aliphatic rings. The number of rotatable bonds is 3. The smallest absolute Gasteiger partial charge is 0.197 e. The number of carbonyl (C=O) groups is 1. The molecule has 0 amide bonds. The SMILES string of the molecule is COc1cc(F)c(Br)cc1C(=O)c1cc(Br)ccc1Br. The lowest BCUT2D eigenvalue weighted by Gasteiger charge is -2.10. The average molecular weight is 467 g/mol. The van der Waals surface area contributed by atoms with Gasteiger partial charge < -0.3 is 4.74 Å². The van der Waals surface area contributed by atoms with Crippen LogP contribution in [-0.4, -0.2) is 12.9 Å². The van der Waals surface area contributed by atoms with E-state index in [1.165, 1.54) is 19.2 Å². The van der Waals surface area contributed by atoms with Crippen LogP contribution >= 0.6 is 47.8 Å². The molecule has 20 heavy (non-hydrogen) atoms. The molecule has 0 saturated heterocycles. The average Bonchev–Trinajstić information content (AvgIpc) is 2.43. The van der Waals surface area contributed by atoms with Crippen molar-refractivity contribution in [1.82, 2.24) is 0 Å². The highest BCUT2D eigenvalue weighted by molar-refractivity contribution is 9.11. The van der Waals surface area contributed by atoms with E-state index < -0.39 is 5.82 Å². The second-order valence-electron chi connectivity index (χ2n) is 3.92. The van der Waals surface area contributed by atoms with Crippen LogP contribution in [0, 0.1) is 5.82 Å². The lowest BCUT2D eigenvalue weighted by Crippen LogP contribution is -2.06. The Bertz CT molecular complexity index is 686. The zero-order valence-corrected chi connectivity index (χ0v) is 15.0. The fraction of sp³-hybridized carbons (Fsp3) is 0.0714. The predicted molar refractivity (Wildman–Crippen MR) is 85.9 cm³/mol. The second kappa shape index (κ2) is 6.37. The van der Waals surface area contributed by atoms with Gasteiger partial charge in [-0.3, -0.25) is 4.79 Å². The maximum atomic E-state index is 13.5. The van der Waals surface area contributed by atoms with Crippen LogP contribution in [0.4, 0.5) is 4.39 Å². The topological polar surface area (TPSA) is 26.3 Å². The highest BCUT2D eigenvalue weighted by atomic mass is 79.9. The van der Waals surface area contributed by atoms with Crippen LogP contribution in [0.1, 0.15) is 15.9 Å². The van der Waals surface area contributed by atoms with Gasteiger partial charge in [0, 0.05) is 20.6 Å².